The predicted molar refractivity (Wildman–Crippen MR) is 69.6 cm³/mol. The van der Waals surface area contributed by atoms with Crippen molar-refractivity contribution in [3.8, 4) is 22.9 Å². The van der Waals surface area contributed by atoms with Gasteiger partial charge in [-0.15, -0.1) is 0 Å². The summed E-state index contributed by atoms with van der Waals surface area (Å²) in [7, 11) is 1.47. The molecule has 1 aromatic heterocycles. The normalized spacial score (nSPS) is 10.3. The number of aromatic nitrogens is 2. The molecule has 0 unspecified atom stereocenters. The van der Waals surface area contributed by atoms with Crippen LogP contribution in [0, 0.1) is 5.82 Å². The van der Waals surface area contributed by atoms with Crippen molar-refractivity contribution < 1.29 is 13.9 Å². The fourth-order valence-corrected chi connectivity index (χ4v) is 1.64. The van der Waals surface area contributed by atoms with Gasteiger partial charge in [0.1, 0.15) is 11.6 Å². The van der Waals surface area contributed by atoms with Crippen LogP contribution in [-0.2, 0) is 0 Å². The number of methoxy groups -OCH3 is 1. The van der Waals surface area contributed by atoms with Gasteiger partial charge in [0.15, 0.2) is 0 Å². The van der Waals surface area contributed by atoms with Gasteiger partial charge in [0.25, 0.3) is 0 Å². The maximum atomic E-state index is 13.9. The van der Waals surface area contributed by atoms with E-state index in [1.807, 2.05) is 6.92 Å². The SMILES string of the molecule is CCOc1cncc(-c2cc(OC)c(N)cc2F)n1. The van der Waals surface area contributed by atoms with Gasteiger partial charge in [-0.1, -0.05) is 0 Å². The third kappa shape index (κ3) is 2.73. The molecule has 5 nitrogen and oxygen atoms in total. The number of ether oxygens (including phenoxy) is 2. The minimum Gasteiger partial charge on any atom is -0.495 e. The Labute approximate surface area is 110 Å². The number of nitrogens with zero attached hydrogens (tertiary/aromatic N) is 2. The molecule has 2 rings (SSSR count). The fourth-order valence-electron chi connectivity index (χ4n) is 1.64. The molecule has 0 saturated heterocycles. The molecule has 0 saturated carbocycles. The third-order valence-electron chi connectivity index (χ3n) is 2.50. The van der Waals surface area contributed by atoms with Crippen LogP contribution in [0.3, 0.4) is 0 Å². The maximum Gasteiger partial charge on any atom is 0.232 e. The van der Waals surface area contributed by atoms with Crippen molar-refractivity contribution in [1.82, 2.24) is 9.97 Å². The third-order valence-corrected chi connectivity index (χ3v) is 2.50. The molecular formula is C13H14FN3O2. The minimum absolute atomic E-state index is 0.234. The van der Waals surface area contributed by atoms with E-state index >= 15 is 0 Å². The van der Waals surface area contributed by atoms with Gasteiger partial charge < -0.3 is 15.2 Å². The van der Waals surface area contributed by atoms with Crippen molar-refractivity contribution in [3.63, 3.8) is 0 Å². The van der Waals surface area contributed by atoms with Crippen LogP contribution in [0.5, 0.6) is 11.6 Å². The molecule has 0 aliphatic heterocycles. The first kappa shape index (κ1) is 13.1. The lowest BCUT2D eigenvalue weighted by Crippen LogP contribution is -1.99. The number of benzene rings is 1. The first-order valence-corrected chi connectivity index (χ1v) is 5.74. The topological polar surface area (TPSA) is 70.3 Å². The Morgan fingerprint density at radius 2 is 2.11 bits per heavy atom. The summed E-state index contributed by atoms with van der Waals surface area (Å²) in [5, 5.41) is 0. The second-order valence-electron chi connectivity index (χ2n) is 3.75. The summed E-state index contributed by atoms with van der Waals surface area (Å²) in [5.74, 6) is 0.247. The zero-order chi connectivity index (χ0) is 13.8. The molecule has 100 valence electrons. The Morgan fingerprint density at radius 1 is 1.32 bits per heavy atom. The Bertz CT molecular complexity index is 590. The number of rotatable bonds is 4. The van der Waals surface area contributed by atoms with Crippen LogP contribution in [0.4, 0.5) is 10.1 Å². The summed E-state index contributed by atoms with van der Waals surface area (Å²) < 4.78 is 24.2. The van der Waals surface area contributed by atoms with E-state index in [1.165, 1.54) is 31.6 Å². The average molecular weight is 263 g/mol. The number of nitrogen functional groups attached to an aromatic ring is 1. The lowest BCUT2D eigenvalue weighted by Gasteiger charge is -2.09. The molecule has 0 aliphatic rings. The molecule has 0 atom stereocenters. The largest absolute Gasteiger partial charge is 0.495 e. The van der Waals surface area contributed by atoms with Gasteiger partial charge in [-0.2, -0.15) is 0 Å². The molecule has 0 radical (unpaired) electrons. The second kappa shape index (κ2) is 5.51. The molecule has 19 heavy (non-hydrogen) atoms. The van der Waals surface area contributed by atoms with Crippen molar-refractivity contribution in [2.75, 3.05) is 19.5 Å². The highest BCUT2D eigenvalue weighted by Gasteiger charge is 2.12. The Hall–Kier alpha value is -2.37. The predicted octanol–water partition coefficient (Wildman–Crippen LogP) is 2.27. The highest BCUT2D eigenvalue weighted by molar-refractivity contribution is 5.68. The number of anilines is 1. The van der Waals surface area contributed by atoms with Gasteiger partial charge in [0.05, 0.1) is 37.5 Å². The van der Waals surface area contributed by atoms with Crippen LogP contribution < -0.4 is 15.2 Å². The fraction of sp³-hybridized carbons (Fsp3) is 0.231. The van der Waals surface area contributed by atoms with Crippen molar-refractivity contribution >= 4 is 5.69 Å². The summed E-state index contributed by atoms with van der Waals surface area (Å²) in [5.41, 5.74) is 6.49. The van der Waals surface area contributed by atoms with E-state index in [0.717, 1.165) is 0 Å². The molecular weight excluding hydrogens is 249 g/mol. The van der Waals surface area contributed by atoms with Crippen molar-refractivity contribution in [3.05, 3.63) is 30.3 Å². The zero-order valence-corrected chi connectivity index (χ0v) is 10.7. The van der Waals surface area contributed by atoms with E-state index < -0.39 is 5.82 Å². The van der Waals surface area contributed by atoms with Gasteiger partial charge in [-0.3, -0.25) is 4.98 Å². The molecule has 0 fully saturated rings. The quantitative estimate of drug-likeness (QED) is 0.857. The lowest BCUT2D eigenvalue weighted by molar-refractivity contribution is 0.325. The zero-order valence-electron chi connectivity index (χ0n) is 10.7. The molecule has 0 spiro atoms. The average Bonchev–Trinajstić information content (AvgIpc) is 2.39. The number of nitrogens with two attached hydrogens (primary N) is 1. The Kier molecular flexibility index (Phi) is 3.79. The van der Waals surface area contributed by atoms with E-state index in [9.17, 15) is 4.39 Å². The van der Waals surface area contributed by atoms with Gasteiger partial charge >= 0.3 is 0 Å². The van der Waals surface area contributed by atoms with E-state index in [-0.39, 0.29) is 11.3 Å². The summed E-state index contributed by atoms with van der Waals surface area (Å²) >= 11 is 0. The first-order chi connectivity index (χ1) is 9.15. The standard InChI is InChI=1S/C13H14FN3O2/c1-3-19-13-7-16-6-11(17-13)8-4-12(18-2)10(15)5-9(8)14/h4-7H,3,15H2,1-2H3. The minimum atomic E-state index is -0.485. The molecule has 2 aromatic rings. The summed E-state index contributed by atoms with van der Waals surface area (Å²) in [4.78, 5) is 8.15. The number of hydrogen-bond acceptors (Lipinski definition) is 5. The Balaban J connectivity index is 2.48. The molecule has 6 heteroatoms. The smallest absolute Gasteiger partial charge is 0.232 e. The van der Waals surface area contributed by atoms with Gasteiger partial charge in [0.2, 0.25) is 5.88 Å². The van der Waals surface area contributed by atoms with Crippen LogP contribution in [0.2, 0.25) is 0 Å². The van der Waals surface area contributed by atoms with Gasteiger partial charge in [-0.25, -0.2) is 9.37 Å². The molecule has 0 aliphatic carbocycles. The van der Waals surface area contributed by atoms with Gasteiger partial charge in [-0.05, 0) is 13.0 Å². The van der Waals surface area contributed by atoms with Crippen LogP contribution in [-0.4, -0.2) is 23.7 Å². The number of hydrogen-bond donors (Lipinski definition) is 1. The van der Waals surface area contributed by atoms with Crippen molar-refractivity contribution in [2.45, 2.75) is 6.92 Å². The highest BCUT2D eigenvalue weighted by Crippen LogP contribution is 2.31. The van der Waals surface area contributed by atoms with Crippen molar-refractivity contribution in [2.24, 2.45) is 0 Å². The summed E-state index contributed by atoms with van der Waals surface area (Å²) in [6, 6.07) is 2.69. The van der Waals surface area contributed by atoms with Gasteiger partial charge in [0, 0.05) is 11.6 Å². The summed E-state index contributed by atoms with van der Waals surface area (Å²) in [6.45, 7) is 2.30. The van der Waals surface area contributed by atoms with Crippen LogP contribution >= 0.6 is 0 Å². The van der Waals surface area contributed by atoms with Crippen LogP contribution in [0.25, 0.3) is 11.3 Å². The summed E-state index contributed by atoms with van der Waals surface area (Å²) in [6.07, 6.45) is 2.93. The van der Waals surface area contributed by atoms with E-state index in [1.54, 1.807) is 0 Å². The molecule has 1 heterocycles. The maximum absolute atomic E-state index is 13.9. The van der Waals surface area contributed by atoms with Crippen LogP contribution in [0.1, 0.15) is 6.92 Å². The monoisotopic (exact) mass is 263 g/mol. The van der Waals surface area contributed by atoms with E-state index in [4.69, 9.17) is 15.2 Å². The lowest BCUT2D eigenvalue weighted by atomic mass is 10.1. The Morgan fingerprint density at radius 3 is 2.79 bits per heavy atom. The van der Waals surface area contributed by atoms with Crippen LogP contribution in [0.15, 0.2) is 24.5 Å². The molecule has 2 N–H and O–H groups in total. The highest BCUT2D eigenvalue weighted by atomic mass is 19.1. The van der Waals surface area contributed by atoms with E-state index in [2.05, 4.69) is 9.97 Å². The van der Waals surface area contributed by atoms with Crippen molar-refractivity contribution in [1.29, 1.82) is 0 Å². The molecule has 0 bridgehead atoms. The number of halogens is 1. The second-order valence-corrected chi connectivity index (χ2v) is 3.75. The van der Waals surface area contributed by atoms with E-state index in [0.29, 0.717) is 23.9 Å². The first-order valence-electron chi connectivity index (χ1n) is 5.74. The molecule has 0 amide bonds. The molecule has 1 aromatic carbocycles.